The molecule has 3 rings (SSSR count). The van der Waals surface area contributed by atoms with Gasteiger partial charge in [-0.05, 0) is 23.8 Å². The highest BCUT2D eigenvalue weighted by atomic mass is 16.5. The zero-order valence-corrected chi connectivity index (χ0v) is 10.5. The summed E-state index contributed by atoms with van der Waals surface area (Å²) in [6, 6.07) is 14.2. The number of aromatic nitrogens is 1. The van der Waals surface area contributed by atoms with Gasteiger partial charge < -0.3 is 4.74 Å². The fraction of sp³-hybridized carbons (Fsp3) is 0.250. The highest BCUT2D eigenvalue weighted by Crippen LogP contribution is 2.36. The van der Waals surface area contributed by atoms with Crippen LogP contribution in [0.3, 0.4) is 0 Å². The number of nitrogens with zero attached hydrogens (tertiary/aromatic N) is 2. The van der Waals surface area contributed by atoms with E-state index in [1.165, 1.54) is 11.1 Å². The predicted octanol–water partition coefficient (Wildman–Crippen LogP) is 3.06. The Morgan fingerprint density at radius 3 is 3.00 bits per heavy atom. The van der Waals surface area contributed by atoms with Gasteiger partial charge in [0.1, 0.15) is 5.75 Å². The third-order valence-corrected chi connectivity index (χ3v) is 3.49. The molecule has 19 heavy (non-hydrogen) atoms. The Kier molecular flexibility index (Phi) is 3.16. The van der Waals surface area contributed by atoms with Crippen LogP contribution in [0.4, 0.5) is 0 Å². The molecule has 1 aliphatic rings. The largest absolute Gasteiger partial charge is 0.493 e. The van der Waals surface area contributed by atoms with Crippen LogP contribution in [0.1, 0.15) is 29.2 Å². The Hall–Kier alpha value is -2.34. The molecule has 0 fully saturated rings. The SMILES string of the molecule is N#CCC(c1ccccn1)c1cccc2c1CCO2. The van der Waals surface area contributed by atoms with Crippen LogP contribution in [-0.4, -0.2) is 11.6 Å². The Bertz CT molecular complexity index is 616. The first-order valence-corrected chi connectivity index (χ1v) is 6.42. The van der Waals surface area contributed by atoms with Gasteiger partial charge in [-0.2, -0.15) is 5.26 Å². The summed E-state index contributed by atoms with van der Waals surface area (Å²) in [6.07, 6.45) is 3.13. The minimum Gasteiger partial charge on any atom is -0.493 e. The fourth-order valence-electron chi connectivity index (χ4n) is 2.62. The van der Waals surface area contributed by atoms with Crippen molar-refractivity contribution in [2.45, 2.75) is 18.8 Å². The summed E-state index contributed by atoms with van der Waals surface area (Å²) in [4.78, 5) is 4.41. The normalized spacial score (nSPS) is 14.3. The molecule has 0 bridgehead atoms. The second kappa shape index (κ2) is 5.11. The number of hydrogen-bond donors (Lipinski definition) is 0. The lowest BCUT2D eigenvalue weighted by Gasteiger charge is -2.16. The molecule has 1 aliphatic heterocycles. The Morgan fingerprint density at radius 1 is 1.26 bits per heavy atom. The lowest BCUT2D eigenvalue weighted by Crippen LogP contribution is -2.05. The molecule has 1 atom stereocenters. The van der Waals surface area contributed by atoms with E-state index in [0.717, 1.165) is 24.5 Å². The standard InChI is InChI=1S/C16H14N2O/c17-9-7-13(15-5-1-2-10-18-15)12-4-3-6-16-14(12)8-11-19-16/h1-6,10,13H,7-8,11H2. The van der Waals surface area contributed by atoms with Gasteiger partial charge in [0.15, 0.2) is 0 Å². The molecule has 1 aromatic carbocycles. The topological polar surface area (TPSA) is 45.9 Å². The van der Waals surface area contributed by atoms with Crippen molar-refractivity contribution >= 4 is 0 Å². The van der Waals surface area contributed by atoms with Crippen LogP contribution < -0.4 is 4.74 Å². The zero-order valence-electron chi connectivity index (χ0n) is 10.5. The van der Waals surface area contributed by atoms with Gasteiger partial charge in [-0.3, -0.25) is 4.98 Å². The van der Waals surface area contributed by atoms with E-state index in [1.807, 2.05) is 30.3 Å². The molecule has 0 amide bonds. The van der Waals surface area contributed by atoms with Gasteiger partial charge in [0.2, 0.25) is 0 Å². The smallest absolute Gasteiger partial charge is 0.122 e. The van der Waals surface area contributed by atoms with Gasteiger partial charge in [0, 0.05) is 36.2 Å². The third kappa shape index (κ3) is 2.17. The lowest BCUT2D eigenvalue weighted by atomic mass is 9.88. The minimum absolute atomic E-state index is 0.0304. The maximum Gasteiger partial charge on any atom is 0.122 e. The third-order valence-electron chi connectivity index (χ3n) is 3.49. The van der Waals surface area contributed by atoms with Gasteiger partial charge in [-0.25, -0.2) is 0 Å². The number of pyridine rings is 1. The Labute approximate surface area is 112 Å². The van der Waals surface area contributed by atoms with Gasteiger partial charge in [0.25, 0.3) is 0 Å². The monoisotopic (exact) mass is 250 g/mol. The minimum atomic E-state index is 0.0304. The molecule has 1 unspecified atom stereocenters. The first-order valence-electron chi connectivity index (χ1n) is 6.42. The fourth-order valence-corrected chi connectivity index (χ4v) is 2.62. The van der Waals surface area contributed by atoms with Gasteiger partial charge in [0.05, 0.1) is 12.7 Å². The Balaban J connectivity index is 2.07. The molecule has 3 heteroatoms. The summed E-state index contributed by atoms with van der Waals surface area (Å²) in [5.74, 6) is 0.985. The van der Waals surface area contributed by atoms with E-state index in [9.17, 15) is 0 Å². The van der Waals surface area contributed by atoms with Gasteiger partial charge >= 0.3 is 0 Å². The predicted molar refractivity (Wildman–Crippen MR) is 72.0 cm³/mol. The van der Waals surface area contributed by atoms with Crippen molar-refractivity contribution < 1.29 is 4.74 Å². The number of hydrogen-bond acceptors (Lipinski definition) is 3. The van der Waals surface area contributed by atoms with Crippen molar-refractivity contribution in [2.75, 3.05) is 6.61 Å². The highest BCUT2D eigenvalue weighted by molar-refractivity contribution is 5.47. The van der Waals surface area contributed by atoms with E-state index >= 15 is 0 Å². The second-order valence-electron chi connectivity index (χ2n) is 4.59. The van der Waals surface area contributed by atoms with Crippen molar-refractivity contribution in [1.82, 2.24) is 4.98 Å². The van der Waals surface area contributed by atoms with Crippen LogP contribution in [0, 0.1) is 11.3 Å². The van der Waals surface area contributed by atoms with Crippen molar-refractivity contribution in [3.05, 3.63) is 59.4 Å². The molecule has 0 saturated heterocycles. The Morgan fingerprint density at radius 2 is 2.21 bits per heavy atom. The summed E-state index contributed by atoms with van der Waals surface area (Å²) in [5.41, 5.74) is 3.35. The first-order chi connectivity index (χ1) is 9.40. The molecular weight excluding hydrogens is 236 g/mol. The summed E-state index contributed by atoms with van der Waals surface area (Å²) in [7, 11) is 0. The molecule has 94 valence electrons. The molecule has 0 aliphatic carbocycles. The maximum atomic E-state index is 9.10. The highest BCUT2D eigenvalue weighted by Gasteiger charge is 2.23. The summed E-state index contributed by atoms with van der Waals surface area (Å²) in [5, 5.41) is 9.10. The zero-order chi connectivity index (χ0) is 13.1. The van der Waals surface area contributed by atoms with E-state index in [-0.39, 0.29) is 5.92 Å². The number of nitriles is 1. The van der Waals surface area contributed by atoms with E-state index in [0.29, 0.717) is 6.42 Å². The van der Waals surface area contributed by atoms with Crippen LogP contribution in [0.25, 0.3) is 0 Å². The molecule has 0 N–H and O–H groups in total. The van der Waals surface area contributed by atoms with Crippen molar-refractivity contribution in [1.29, 1.82) is 5.26 Å². The summed E-state index contributed by atoms with van der Waals surface area (Å²) >= 11 is 0. The number of fused-ring (bicyclic) bond motifs is 1. The van der Waals surface area contributed by atoms with E-state index < -0.39 is 0 Å². The van der Waals surface area contributed by atoms with Gasteiger partial charge in [-0.1, -0.05) is 18.2 Å². The molecule has 0 spiro atoms. The van der Waals surface area contributed by atoms with E-state index in [2.05, 4.69) is 17.1 Å². The lowest BCUT2D eigenvalue weighted by molar-refractivity contribution is 0.357. The summed E-state index contributed by atoms with van der Waals surface area (Å²) in [6.45, 7) is 0.730. The van der Waals surface area contributed by atoms with Crippen LogP contribution in [0.5, 0.6) is 5.75 Å². The number of rotatable bonds is 3. The quantitative estimate of drug-likeness (QED) is 0.841. The van der Waals surface area contributed by atoms with Crippen LogP contribution in [0.2, 0.25) is 0 Å². The average Bonchev–Trinajstić information content (AvgIpc) is 2.94. The van der Waals surface area contributed by atoms with E-state index in [4.69, 9.17) is 10.00 Å². The van der Waals surface area contributed by atoms with E-state index in [1.54, 1.807) is 6.20 Å². The second-order valence-corrected chi connectivity index (χ2v) is 4.59. The molecule has 0 saturated carbocycles. The first kappa shape index (κ1) is 11.7. The van der Waals surface area contributed by atoms with Crippen molar-refractivity contribution in [2.24, 2.45) is 0 Å². The average molecular weight is 250 g/mol. The van der Waals surface area contributed by atoms with Crippen LogP contribution >= 0.6 is 0 Å². The van der Waals surface area contributed by atoms with Crippen LogP contribution in [0.15, 0.2) is 42.6 Å². The molecule has 2 aromatic rings. The molecule has 1 aromatic heterocycles. The summed E-state index contributed by atoms with van der Waals surface area (Å²) < 4.78 is 5.60. The number of benzene rings is 1. The van der Waals surface area contributed by atoms with Gasteiger partial charge in [-0.15, -0.1) is 0 Å². The molecule has 3 nitrogen and oxygen atoms in total. The maximum absolute atomic E-state index is 9.10. The van der Waals surface area contributed by atoms with Crippen molar-refractivity contribution in [3.8, 4) is 11.8 Å². The molecule has 0 radical (unpaired) electrons. The van der Waals surface area contributed by atoms with Crippen molar-refractivity contribution in [3.63, 3.8) is 0 Å². The van der Waals surface area contributed by atoms with Crippen LogP contribution in [-0.2, 0) is 6.42 Å². The number of ether oxygens (including phenoxy) is 1. The molecule has 2 heterocycles. The molecular formula is C16H14N2O.